The number of nitrogens with one attached hydrogen (secondary N) is 1. The third-order valence-electron chi connectivity index (χ3n) is 4.41. The second kappa shape index (κ2) is 7.91. The summed E-state index contributed by atoms with van der Waals surface area (Å²) in [4.78, 5) is 27.9. The van der Waals surface area contributed by atoms with Gasteiger partial charge < -0.3 is 19.9 Å². The van der Waals surface area contributed by atoms with Crippen LogP contribution in [0.4, 0.5) is 17.1 Å². The number of hydrogen-bond acceptors (Lipinski definition) is 4. The molecule has 2 aromatic carbocycles. The molecule has 0 saturated carbocycles. The van der Waals surface area contributed by atoms with Crippen LogP contribution in [-0.4, -0.2) is 39.1 Å². The van der Waals surface area contributed by atoms with E-state index in [0.29, 0.717) is 24.4 Å². The Morgan fingerprint density at radius 1 is 1.23 bits per heavy atom. The number of benzene rings is 2. The van der Waals surface area contributed by atoms with Crippen LogP contribution in [0.3, 0.4) is 0 Å². The Hall–Kier alpha value is -3.02. The molecule has 1 heterocycles. The number of rotatable bonds is 6. The van der Waals surface area contributed by atoms with Gasteiger partial charge in [0.1, 0.15) is 5.75 Å². The lowest BCUT2D eigenvalue weighted by Crippen LogP contribution is -2.30. The van der Waals surface area contributed by atoms with E-state index in [1.165, 1.54) is 0 Å². The smallest absolute Gasteiger partial charge is 0.243 e. The number of ether oxygens (including phenoxy) is 1. The molecule has 0 aromatic heterocycles. The predicted octanol–water partition coefficient (Wildman–Crippen LogP) is 2.90. The first-order valence-electron chi connectivity index (χ1n) is 8.63. The van der Waals surface area contributed by atoms with Gasteiger partial charge in [0, 0.05) is 37.5 Å². The van der Waals surface area contributed by atoms with Crippen LogP contribution < -0.4 is 19.9 Å². The summed E-state index contributed by atoms with van der Waals surface area (Å²) in [6.45, 7) is 0.932. The zero-order chi connectivity index (χ0) is 18.5. The molecule has 26 heavy (non-hydrogen) atoms. The molecular weight excluding hydrogens is 330 g/mol. The standard InChI is InChI=1S/C20H23N3O3/c1-22(16-7-4-3-5-8-16)14-19(24)21-15-10-11-17(18(13-15)26-2)23-12-6-9-20(23)25/h3-5,7-8,10-11,13H,6,9,12,14H2,1-2H3,(H,21,24). The minimum absolute atomic E-state index is 0.101. The summed E-state index contributed by atoms with van der Waals surface area (Å²) in [7, 11) is 3.44. The number of methoxy groups -OCH3 is 1. The highest BCUT2D eigenvalue weighted by atomic mass is 16.5. The number of amides is 2. The van der Waals surface area contributed by atoms with Gasteiger partial charge in [0.2, 0.25) is 11.8 Å². The van der Waals surface area contributed by atoms with Gasteiger partial charge in [0.25, 0.3) is 0 Å². The molecule has 1 aliphatic rings. The lowest BCUT2D eigenvalue weighted by Gasteiger charge is -2.21. The van der Waals surface area contributed by atoms with Crippen LogP contribution in [0.15, 0.2) is 48.5 Å². The van der Waals surface area contributed by atoms with E-state index in [0.717, 1.165) is 17.8 Å². The van der Waals surface area contributed by atoms with Crippen molar-refractivity contribution < 1.29 is 14.3 Å². The van der Waals surface area contributed by atoms with Gasteiger partial charge in [-0.2, -0.15) is 0 Å². The molecular formula is C20H23N3O3. The molecule has 1 fully saturated rings. The van der Waals surface area contributed by atoms with Crippen molar-refractivity contribution in [1.82, 2.24) is 0 Å². The lowest BCUT2D eigenvalue weighted by atomic mass is 10.2. The van der Waals surface area contributed by atoms with E-state index in [4.69, 9.17) is 4.74 Å². The predicted molar refractivity (Wildman–Crippen MR) is 103 cm³/mol. The molecule has 1 saturated heterocycles. The zero-order valence-corrected chi connectivity index (χ0v) is 15.1. The largest absolute Gasteiger partial charge is 0.494 e. The second-order valence-corrected chi connectivity index (χ2v) is 6.28. The summed E-state index contributed by atoms with van der Waals surface area (Å²) in [6, 6.07) is 15.1. The zero-order valence-electron chi connectivity index (χ0n) is 15.1. The highest BCUT2D eigenvalue weighted by Gasteiger charge is 2.24. The van der Waals surface area contributed by atoms with E-state index >= 15 is 0 Å². The molecule has 3 rings (SSSR count). The van der Waals surface area contributed by atoms with Gasteiger partial charge in [-0.15, -0.1) is 0 Å². The summed E-state index contributed by atoms with van der Waals surface area (Å²) >= 11 is 0. The highest BCUT2D eigenvalue weighted by Crippen LogP contribution is 2.33. The van der Waals surface area contributed by atoms with E-state index < -0.39 is 0 Å². The topological polar surface area (TPSA) is 61.9 Å². The van der Waals surface area contributed by atoms with Gasteiger partial charge in [-0.05, 0) is 30.7 Å². The molecule has 1 N–H and O–H groups in total. The molecule has 0 spiro atoms. The molecule has 0 atom stereocenters. The number of anilines is 3. The van der Waals surface area contributed by atoms with Gasteiger partial charge >= 0.3 is 0 Å². The minimum atomic E-state index is -0.122. The van der Waals surface area contributed by atoms with Gasteiger partial charge in [0.05, 0.1) is 19.3 Å². The first kappa shape index (κ1) is 17.8. The number of para-hydroxylation sites is 1. The van der Waals surface area contributed by atoms with Crippen molar-refractivity contribution in [1.29, 1.82) is 0 Å². The first-order valence-corrected chi connectivity index (χ1v) is 8.63. The Bertz CT molecular complexity index is 792. The maximum absolute atomic E-state index is 12.3. The number of hydrogen-bond donors (Lipinski definition) is 1. The van der Waals surface area contributed by atoms with Crippen LogP contribution >= 0.6 is 0 Å². The summed E-state index contributed by atoms with van der Waals surface area (Å²) in [5.41, 5.74) is 2.36. The van der Waals surface area contributed by atoms with Crippen molar-refractivity contribution in [3.8, 4) is 5.75 Å². The van der Waals surface area contributed by atoms with Crippen LogP contribution in [0.5, 0.6) is 5.75 Å². The SMILES string of the molecule is COc1cc(NC(=O)CN(C)c2ccccc2)ccc1N1CCCC1=O. The Kier molecular flexibility index (Phi) is 5.41. The maximum Gasteiger partial charge on any atom is 0.243 e. The van der Waals surface area contributed by atoms with Gasteiger partial charge in [-0.1, -0.05) is 18.2 Å². The van der Waals surface area contributed by atoms with Crippen molar-refractivity contribution in [3.63, 3.8) is 0 Å². The number of carbonyl (C=O) groups is 2. The van der Waals surface area contributed by atoms with E-state index in [9.17, 15) is 9.59 Å². The van der Waals surface area contributed by atoms with Crippen molar-refractivity contribution in [2.75, 3.05) is 42.4 Å². The Labute approximate surface area is 153 Å². The van der Waals surface area contributed by atoms with E-state index in [-0.39, 0.29) is 18.4 Å². The molecule has 6 heteroatoms. The van der Waals surface area contributed by atoms with Gasteiger partial charge in [-0.25, -0.2) is 0 Å². The number of carbonyl (C=O) groups excluding carboxylic acids is 2. The minimum Gasteiger partial charge on any atom is -0.494 e. The van der Waals surface area contributed by atoms with Crippen molar-refractivity contribution in [3.05, 3.63) is 48.5 Å². The number of likely N-dealkylation sites (N-methyl/N-ethyl adjacent to an activating group) is 1. The lowest BCUT2D eigenvalue weighted by molar-refractivity contribution is -0.117. The fourth-order valence-electron chi connectivity index (χ4n) is 3.07. The van der Waals surface area contributed by atoms with Gasteiger partial charge in [0.15, 0.2) is 0 Å². The summed E-state index contributed by atoms with van der Waals surface area (Å²) in [5, 5.41) is 2.88. The molecule has 0 radical (unpaired) electrons. The molecule has 2 amide bonds. The third-order valence-corrected chi connectivity index (χ3v) is 4.41. The monoisotopic (exact) mass is 353 g/mol. The summed E-state index contributed by atoms with van der Waals surface area (Å²) < 4.78 is 5.42. The van der Waals surface area contributed by atoms with Crippen LogP contribution in [0.1, 0.15) is 12.8 Å². The normalized spacial score (nSPS) is 13.6. The fraction of sp³-hybridized carbons (Fsp3) is 0.300. The molecule has 1 aliphatic heterocycles. The first-order chi connectivity index (χ1) is 12.6. The van der Waals surface area contributed by atoms with Crippen molar-refractivity contribution in [2.24, 2.45) is 0 Å². The third kappa shape index (κ3) is 3.96. The fourth-order valence-corrected chi connectivity index (χ4v) is 3.07. The van der Waals surface area contributed by atoms with E-state index in [1.807, 2.05) is 48.3 Å². The quantitative estimate of drug-likeness (QED) is 0.867. The molecule has 0 bridgehead atoms. The van der Waals surface area contributed by atoms with Crippen molar-refractivity contribution >= 4 is 28.9 Å². The average molecular weight is 353 g/mol. The van der Waals surface area contributed by atoms with E-state index in [2.05, 4.69) is 5.32 Å². The van der Waals surface area contributed by atoms with Crippen LogP contribution in [0, 0.1) is 0 Å². The number of nitrogens with zero attached hydrogens (tertiary/aromatic N) is 2. The molecule has 6 nitrogen and oxygen atoms in total. The van der Waals surface area contributed by atoms with Crippen LogP contribution in [0.25, 0.3) is 0 Å². The Balaban J connectivity index is 1.68. The van der Waals surface area contributed by atoms with E-state index in [1.54, 1.807) is 24.1 Å². The average Bonchev–Trinajstić information content (AvgIpc) is 3.08. The maximum atomic E-state index is 12.3. The van der Waals surface area contributed by atoms with Crippen molar-refractivity contribution in [2.45, 2.75) is 12.8 Å². The molecule has 136 valence electrons. The highest BCUT2D eigenvalue weighted by molar-refractivity contribution is 5.98. The second-order valence-electron chi connectivity index (χ2n) is 6.28. The molecule has 2 aromatic rings. The molecule has 0 unspecified atom stereocenters. The summed E-state index contributed by atoms with van der Waals surface area (Å²) in [5.74, 6) is 0.558. The Morgan fingerprint density at radius 3 is 2.65 bits per heavy atom. The molecule has 0 aliphatic carbocycles. The van der Waals surface area contributed by atoms with Gasteiger partial charge in [-0.3, -0.25) is 9.59 Å². The Morgan fingerprint density at radius 2 is 2.00 bits per heavy atom. The van der Waals surface area contributed by atoms with Crippen LogP contribution in [0.2, 0.25) is 0 Å². The van der Waals surface area contributed by atoms with Crippen LogP contribution in [-0.2, 0) is 9.59 Å². The summed E-state index contributed by atoms with van der Waals surface area (Å²) in [6.07, 6.45) is 1.42.